The molecule has 1 aliphatic heterocycles. The quantitative estimate of drug-likeness (QED) is 0.905. The van der Waals surface area contributed by atoms with Gasteiger partial charge in [-0.2, -0.15) is 5.10 Å². The molecule has 0 aromatic carbocycles. The first-order valence-corrected chi connectivity index (χ1v) is 9.25. The summed E-state index contributed by atoms with van der Waals surface area (Å²) in [6, 6.07) is -0.0899. The fraction of sp³-hybridized carbons (Fsp3) is 0.786. The van der Waals surface area contributed by atoms with Gasteiger partial charge in [0.25, 0.3) is 0 Å². The van der Waals surface area contributed by atoms with E-state index in [1.165, 1.54) is 0 Å². The van der Waals surface area contributed by atoms with E-state index in [1.807, 2.05) is 0 Å². The van der Waals surface area contributed by atoms with Crippen LogP contribution in [0.4, 0.5) is 5.82 Å². The number of sulfone groups is 1. The predicted octanol–water partition coefficient (Wildman–Crippen LogP) is 2.29. The summed E-state index contributed by atoms with van der Waals surface area (Å²) >= 11 is 0. The van der Waals surface area contributed by atoms with Gasteiger partial charge >= 0.3 is 0 Å². The minimum Gasteiger partial charge on any atom is -0.384 e. The zero-order valence-corrected chi connectivity index (χ0v) is 13.4. The highest BCUT2D eigenvalue weighted by atomic mass is 32.2. The molecule has 1 atom stereocenters. The monoisotopic (exact) mass is 299 g/mol. The second-order valence-corrected chi connectivity index (χ2v) is 8.23. The van der Waals surface area contributed by atoms with Gasteiger partial charge in [-0.3, -0.25) is 0 Å². The molecule has 0 saturated carbocycles. The van der Waals surface area contributed by atoms with E-state index in [9.17, 15) is 8.42 Å². The van der Waals surface area contributed by atoms with Crippen LogP contribution in [0.1, 0.15) is 63.3 Å². The largest absolute Gasteiger partial charge is 0.384 e. The lowest BCUT2D eigenvalue weighted by Crippen LogP contribution is -2.15. The molecule has 1 aromatic rings. The summed E-state index contributed by atoms with van der Waals surface area (Å²) in [6.45, 7) is 6.37. The third-order valence-corrected chi connectivity index (χ3v) is 5.71. The molecule has 0 radical (unpaired) electrons. The number of hydrogen-bond acceptors (Lipinski definition) is 4. The SMILES string of the molecule is CCCCc1nn(C2CCS(=O)(=O)C2)c(N)c1C(C)C. The minimum absolute atomic E-state index is 0.0899. The molecule has 6 heteroatoms. The number of nitrogen functional groups attached to an aromatic ring is 1. The van der Waals surface area contributed by atoms with Gasteiger partial charge in [-0.05, 0) is 25.2 Å². The van der Waals surface area contributed by atoms with Gasteiger partial charge in [0, 0.05) is 5.56 Å². The minimum atomic E-state index is -2.92. The van der Waals surface area contributed by atoms with Gasteiger partial charge in [-0.15, -0.1) is 0 Å². The first-order chi connectivity index (χ1) is 9.35. The number of nitrogens with two attached hydrogens (primary N) is 1. The molecule has 1 aliphatic rings. The van der Waals surface area contributed by atoms with Gasteiger partial charge in [0.2, 0.25) is 0 Å². The molecule has 2 heterocycles. The molecule has 1 unspecified atom stereocenters. The lowest BCUT2D eigenvalue weighted by Gasteiger charge is -2.11. The molecular formula is C14H25N3O2S. The third-order valence-electron chi connectivity index (χ3n) is 3.96. The molecule has 2 rings (SSSR count). The van der Waals surface area contributed by atoms with Crippen molar-refractivity contribution in [1.82, 2.24) is 9.78 Å². The molecule has 0 spiro atoms. The topological polar surface area (TPSA) is 78.0 Å². The van der Waals surface area contributed by atoms with Gasteiger partial charge in [-0.1, -0.05) is 27.2 Å². The molecule has 114 valence electrons. The van der Waals surface area contributed by atoms with Crippen molar-refractivity contribution in [3.05, 3.63) is 11.3 Å². The maximum absolute atomic E-state index is 11.6. The fourth-order valence-electron chi connectivity index (χ4n) is 2.91. The van der Waals surface area contributed by atoms with Crippen molar-refractivity contribution in [3.8, 4) is 0 Å². The highest BCUT2D eigenvalue weighted by Gasteiger charge is 2.32. The standard InChI is InChI=1S/C14H25N3O2S/c1-4-5-6-12-13(10(2)3)14(15)17(16-12)11-7-8-20(18,19)9-11/h10-11H,4-9,15H2,1-3H3. The second kappa shape index (κ2) is 5.76. The van der Waals surface area contributed by atoms with E-state index in [4.69, 9.17) is 5.73 Å². The maximum atomic E-state index is 11.6. The highest BCUT2D eigenvalue weighted by Crippen LogP contribution is 2.32. The summed E-state index contributed by atoms with van der Waals surface area (Å²) in [4.78, 5) is 0. The zero-order chi connectivity index (χ0) is 14.9. The van der Waals surface area contributed by atoms with E-state index in [-0.39, 0.29) is 17.5 Å². The van der Waals surface area contributed by atoms with E-state index in [0.29, 0.717) is 18.2 Å². The predicted molar refractivity (Wildman–Crippen MR) is 81.6 cm³/mol. The van der Waals surface area contributed by atoms with Crippen molar-refractivity contribution in [2.75, 3.05) is 17.2 Å². The summed E-state index contributed by atoms with van der Waals surface area (Å²) < 4.78 is 25.1. The molecule has 1 fully saturated rings. The summed E-state index contributed by atoms with van der Waals surface area (Å²) in [5.74, 6) is 1.39. The van der Waals surface area contributed by atoms with Crippen LogP contribution in [0.3, 0.4) is 0 Å². The normalized spacial score (nSPS) is 21.7. The van der Waals surface area contributed by atoms with Crippen LogP contribution >= 0.6 is 0 Å². The smallest absolute Gasteiger partial charge is 0.152 e. The second-order valence-electron chi connectivity index (χ2n) is 6.01. The van der Waals surface area contributed by atoms with Crippen molar-refractivity contribution < 1.29 is 8.42 Å². The van der Waals surface area contributed by atoms with Crippen LogP contribution in [0.25, 0.3) is 0 Å². The molecule has 0 aliphatic carbocycles. The van der Waals surface area contributed by atoms with Gasteiger partial charge in [0.1, 0.15) is 5.82 Å². The van der Waals surface area contributed by atoms with E-state index < -0.39 is 9.84 Å². The average molecular weight is 299 g/mol. The third kappa shape index (κ3) is 3.00. The first-order valence-electron chi connectivity index (χ1n) is 7.43. The van der Waals surface area contributed by atoms with Crippen LogP contribution in [0.2, 0.25) is 0 Å². The van der Waals surface area contributed by atoms with Crippen LogP contribution in [-0.4, -0.2) is 29.7 Å². The van der Waals surface area contributed by atoms with Crippen molar-refractivity contribution in [3.63, 3.8) is 0 Å². The first kappa shape index (κ1) is 15.4. The van der Waals surface area contributed by atoms with Crippen LogP contribution in [-0.2, 0) is 16.3 Å². The van der Waals surface area contributed by atoms with Crippen LogP contribution in [0.5, 0.6) is 0 Å². The lowest BCUT2D eigenvalue weighted by molar-refractivity contribution is 0.500. The average Bonchev–Trinajstić information content (AvgIpc) is 2.86. The number of hydrogen-bond donors (Lipinski definition) is 1. The van der Waals surface area contributed by atoms with Crippen LogP contribution in [0, 0.1) is 0 Å². The Morgan fingerprint density at radius 2 is 2.15 bits per heavy atom. The summed E-state index contributed by atoms with van der Waals surface area (Å²) in [6.07, 6.45) is 3.74. The highest BCUT2D eigenvalue weighted by molar-refractivity contribution is 7.91. The van der Waals surface area contributed by atoms with Crippen molar-refractivity contribution in [2.45, 2.75) is 58.4 Å². The summed E-state index contributed by atoms with van der Waals surface area (Å²) in [5, 5.41) is 4.64. The Hall–Kier alpha value is -1.04. The summed E-state index contributed by atoms with van der Waals surface area (Å²) in [7, 11) is -2.92. The van der Waals surface area contributed by atoms with E-state index in [2.05, 4.69) is 25.9 Å². The van der Waals surface area contributed by atoms with Crippen LogP contribution < -0.4 is 5.73 Å². The Morgan fingerprint density at radius 3 is 2.65 bits per heavy atom. The van der Waals surface area contributed by atoms with Crippen LogP contribution in [0.15, 0.2) is 0 Å². The Bertz CT molecular complexity index is 575. The molecular weight excluding hydrogens is 274 g/mol. The zero-order valence-electron chi connectivity index (χ0n) is 12.6. The van der Waals surface area contributed by atoms with E-state index in [0.717, 1.165) is 30.5 Å². The Balaban J connectivity index is 2.34. The Morgan fingerprint density at radius 1 is 1.45 bits per heavy atom. The van der Waals surface area contributed by atoms with Crippen molar-refractivity contribution in [2.24, 2.45) is 0 Å². The van der Waals surface area contributed by atoms with Crippen molar-refractivity contribution in [1.29, 1.82) is 0 Å². The Labute approximate surface area is 121 Å². The molecule has 0 bridgehead atoms. The van der Waals surface area contributed by atoms with Gasteiger partial charge in [0.15, 0.2) is 9.84 Å². The van der Waals surface area contributed by atoms with Gasteiger partial charge < -0.3 is 5.73 Å². The number of unbranched alkanes of at least 4 members (excludes halogenated alkanes) is 1. The van der Waals surface area contributed by atoms with E-state index in [1.54, 1.807) is 4.68 Å². The number of anilines is 1. The van der Waals surface area contributed by atoms with Crippen molar-refractivity contribution >= 4 is 15.7 Å². The van der Waals surface area contributed by atoms with Gasteiger partial charge in [0.05, 0.1) is 23.2 Å². The Kier molecular flexibility index (Phi) is 4.42. The fourth-order valence-corrected chi connectivity index (χ4v) is 4.61. The molecule has 20 heavy (non-hydrogen) atoms. The molecule has 1 aromatic heterocycles. The van der Waals surface area contributed by atoms with E-state index >= 15 is 0 Å². The molecule has 1 saturated heterocycles. The van der Waals surface area contributed by atoms with Gasteiger partial charge in [-0.25, -0.2) is 13.1 Å². The maximum Gasteiger partial charge on any atom is 0.152 e. The molecule has 5 nitrogen and oxygen atoms in total. The number of aryl methyl sites for hydroxylation is 1. The summed E-state index contributed by atoms with van der Waals surface area (Å²) in [5.41, 5.74) is 8.40. The molecule has 2 N–H and O–H groups in total. The molecule has 0 amide bonds. The number of nitrogens with zero attached hydrogens (tertiary/aromatic N) is 2. The number of rotatable bonds is 5. The number of aromatic nitrogens is 2. The lowest BCUT2D eigenvalue weighted by atomic mass is 10.00.